The van der Waals surface area contributed by atoms with Crippen LogP contribution in [-0.4, -0.2) is 24.6 Å². The van der Waals surface area contributed by atoms with Crippen LogP contribution >= 0.6 is 0 Å². The number of benzene rings is 6. The first-order valence-corrected chi connectivity index (χ1v) is 21.4. The molecule has 0 spiro atoms. The van der Waals surface area contributed by atoms with Crippen LogP contribution in [0.2, 0.25) is 13.1 Å². The number of aryl methyl sites for hydroxylation is 2. The summed E-state index contributed by atoms with van der Waals surface area (Å²) < 4.78 is 11.1. The molecule has 6 aromatic carbocycles. The molecule has 0 aliphatic carbocycles. The molecule has 0 amide bonds. The Kier molecular flexibility index (Phi) is 7.64. The monoisotopic (exact) mass is 906 g/mol. The zero-order valence-corrected chi connectivity index (χ0v) is 34.0. The Bertz CT molecular complexity index is 2840. The van der Waals surface area contributed by atoms with Crippen molar-refractivity contribution in [3.8, 4) is 34.0 Å². The number of nitrogens with zero attached hydrogens (tertiary/aromatic N) is 5. The van der Waals surface area contributed by atoms with Crippen molar-refractivity contribution in [3.63, 3.8) is 0 Å². The maximum absolute atomic E-state index is 6.74. The molecule has 2 aromatic heterocycles. The van der Waals surface area contributed by atoms with Gasteiger partial charge in [-0.3, -0.25) is 4.57 Å². The van der Waals surface area contributed by atoms with E-state index >= 15 is 0 Å². The fraction of sp³-hybridized carbons (Fsp3) is 0.0870. The second kappa shape index (κ2) is 12.4. The number of ether oxygens (including phenoxy) is 1. The van der Waals surface area contributed by atoms with Gasteiger partial charge >= 0.3 is 6.98 Å². The van der Waals surface area contributed by atoms with E-state index in [1.807, 2.05) is 24.4 Å². The molecule has 0 atom stereocenters. The van der Waals surface area contributed by atoms with Gasteiger partial charge in [0.2, 0.25) is 0 Å². The zero-order valence-electron chi connectivity index (χ0n) is 30.7. The summed E-state index contributed by atoms with van der Waals surface area (Å²) in [6, 6.07) is 52.5. The standard InChI is InChI=1S/C46H34BN5OSi.Pt/c1-30-13-10-14-31(2)44(30)51-38-24-22-33(27-40(38)52-46-36(18-12-26-48-46)35-17-8-9-19-37(35)47(51)52)53-34-23-25-42-41(28-34)50-29-49(32-15-6-5-7-16-32)39-20-11-21-43(45(39)50)54(42,3)4;/h5-26H,1-4H3;/q-2;. The molecule has 0 bridgehead atoms. The Morgan fingerprint density at radius 3 is 2.20 bits per heavy atom. The van der Waals surface area contributed by atoms with Crippen LogP contribution in [0, 0.1) is 32.3 Å². The fourth-order valence-corrected chi connectivity index (χ4v) is 11.9. The van der Waals surface area contributed by atoms with E-state index in [0.29, 0.717) is 11.5 Å². The number of rotatable bonds is 4. The van der Waals surface area contributed by atoms with E-state index in [1.165, 1.54) is 43.7 Å². The second-order valence-corrected chi connectivity index (χ2v) is 19.3. The molecule has 55 heavy (non-hydrogen) atoms. The Balaban J connectivity index is 0.00000372. The van der Waals surface area contributed by atoms with E-state index < -0.39 is 8.07 Å². The number of anilines is 4. The predicted molar refractivity (Wildman–Crippen MR) is 220 cm³/mol. The minimum absolute atomic E-state index is 0. The number of hydrogen-bond donors (Lipinski definition) is 0. The summed E-state index contributed by atoms with van der Waals surface area (Å²) in [7, 11) is -2.08. The van der Waals surface area contributed by atoms with Crippen molar-refractivity contribution in [2.24, 2.45) is 0 Å². The molecule has 8 aromatic rings. The molecule has 0 saturated heterocycles. The van der Waals surface area contributed by atoms with Crippen LogP contribution in [0.4, 0.5) is 22.9 Å². The van der Waals surface area contributed by atoms with Gasteiger partial charge in [-0.1, -0.05) is 109 Å². The van der Waals surface area contributed by atoms with E-state index in [1.54, 1.807) is 0 Å². The first kappa shape index (κ1) is 33.8. The van der Waals surface area contributed by atoms with Gasteiger partial charge in [0.15, 0.2) is 0 Å². The molecule has 268 valence electrons. The van der Waals surface area contributed by atoms with Gasteiger partial charge in [0, 0.05) is 58.1 Å². The first-order chi connectivity index (χ1) is 26.4. The largest absolute Gasteiger partial charge is 0.510 e. The minimum Gasteiger partial charge on any atom is -0.510 e. The summed E-state index contributed by atoms with van der Waals surface area (Å²) in [6.45, 7) is 9.09. The summed E-state index contributed by atoms with van der Waals surface area (Å²) in [5, 5.41) is 2.70. The number of aromatic nitrogens is 3. The number of imidazole rings is 1. The third-order valence-corrected chi connectivity index (χ3v) is 15.0. The smallest absolute Gasteiger partial charge is 0.409 e. The zero-order chi connectivity index (χ0) is 36.3. The maximum atomic E-state index is 6.74. The van der Waals surface area contributed by atoms with Gasteiger partial charge in [-0.2, -0.15) is 6.07 Å². The van der Waals surface area contributed by atoms with Crippen LogP contribution < -0.4 is 34.8 Å². The van der Waals surface area contributed by atoms with Crippen molar-refractivity contribution in [3.05, 3.63) is 163 Å². The number of fused-ring (bicyclic) bond motifs is 10. The first-order valence-electron chi connectivity index (χ1n) is 18.4. The summed E-state index contributed by atoms with van der Waals surface area (Å²) in [6.07, 6.45) is 5.57. The third kappa shape index (κ3) is 4.84. The average molecular weight is 907 g/mol. The molecule has 0 unspecified atom stereocenters. The van der Waals surface area contributed by atoms with E-state index in [9.17, 15) is 0 Å². The van der Waals surface area contributed by atoms with Crippen LogP contribution in [0.25, 0.3) is 33.5 Å². The van der Waals surface area contributed by atoms with Crippen LogP contribution in [0.1, 0.15) is 11.1 Å². The summed E-state index contributed by atoms with van der Waals surface area (Å²) in [5.74, 6) is 2.17. The van der Waals surface area contributed by atoms with Gasteiger partial charge in [-0.25, -0.2) is 4.98 Å². The van der Waals surface area contributed by atoms with Crippen molar-refractivity contribution in [2.75, 3.05) is 9.62 Å². The summed E-state index contributed by atoms with van der Waals surface area (Å²) >= 11 is 0. The Morgan fingerprint density at radius 1 is 0.673 bits per heavy atom. The molecule has 0 radical (unpaired) electrons. The Hall–Kier alpha value is -5.69. The third-order valence-electron chi connectivity index (χ3n) is 11.5. The molecule has 0 N–H and O–H groups in total. The van der Waals surface area contributed by atoms with Gasteiger partial charge in [0.25, 0.3) is 6.33 Å². The van der Waals surface area contributed by atoms with E-state index in [-0.39, 0.29) is 28.0 Å². The maximum Gasteiger partial charge on any atom is 0.409 e. The molecule has 3 aliphatic heterocycles. The molecule has 0 fully saturated rings. The van der Waals surface area contributed by atoms with Crippen LogP contribution in [0.5, 0.6) is 11.5 Å². The van der Waals surface area contributed by atoms with Crippen molar-refractivity contribution < 1.29 is 30.4 Å². The number of para-hydroxylation sites is 3. The van der Waals surface area contributed by atoms with Crippen LogP contribution in [0.15, 0.2) is 134 Å². The summed E-state index contributed by atoms with van der Waals surface area (Å²) in [4.78, 5) is 9.79. The minimum atomic E-state index is -2.08. The van der Waals surface area contributed by atoms with Gasteiger partial charge in [-0.15, -0.1) is 35.5 Å². The van der Waals surface area contributed by atoms with Gasteiger partial charge < -0.3 is 18.9 Å². The molecule has 9 heteroatoms. The molecule has 5 heterocycles. The van der Waals surface area contributed by atoms with Crippen molar-refractivity contribution in [1.82, 2.24) is 9.55 Å². The topological polar surface area (TPSA) is 37.4 Å². The normalized spacial score (nSPS) is 14.1. The SMILES string of the molecule is Cc1cccc(C)c1N1B2c3ccccc3-c3cccnc3N2c2[c-]c(Oc3[c-]c4c(cc3)[Si](C)(C)c3cccc5c3n-4[c-][n+]5-c3ccccc3)ccc21.[Pt]. The average Bonchev–Trinajstić information content (AvgIpc) is 3.75. The van der Waals surface area contributed by atoms with Crippen LogP contribution in [0.3, 0.4) is 0 Å². The molecular weight excluding hydrogens is 873 g/mol. The Morgan fingerprint density at radius 2 is 1.38 bits per heavy atom. The van der Waals surface area contributed by atoms with Crippen LogP contribution in [-0.2, 0) is 21.1 Å². The van der Waals surface area contributed by atoms with Crippen molar-refractivity contribution >= 4 is 64.8 Å². The Labute approximate surface area is 336 Å². The molecule has 6 nitrogen and oxygen atoms in total. The van der Waals surface area contributed by atoms with Gasteiger partial charge in [0.1, 0.15) is 5.82 Å². The molecular formula is C46H34BN5OPtSi-2. The van der Waals surface area contributed by atoms with Crippen molar-refractivity contribution in [2.45, 2.75) is 26.9 Å². The predicted octanol–water partition coefficient (Wildman–Crippen LogP) is 7.91. The van der Waals surface area contributed by atoms with Gasteiger partial charge in [0.05, 0.1) is 16.7 Å². The molecule has 3 aliphatic rings. The number of pyridine rings is 1. The number of hydrogen-bond acceptors (Lipinski definition) is 4. The van der Waals surface area contributed by atoms with Gasteiger partial charge in [-0.05, 0) is 66.0 Å². The van der Waals surface area contributed by atoms with E-state index in [4.69, 9.17) is 9.72 Å². The van der Waals surface area contributed by atoms with E-state index in [0.717, 1.165) is 39.6 Å². The van der Waals surface area contributed by atoms with Crippen molar-refractivity contribution in [1.29, 1.82) is 0 Å². The summed E-state index contributed by atoms with van der Waals surface area (Å²) in [5.41, 5.74) is 13.5. The second-order valence-electron chi connectivity index (χ2n) is 15.0. The molecule has 11 rings (SSSR count). The molecule has 0 saturated carbocycles. The van der Waals surface area contributed by atoms with E-state index in [2.05, 4.69) is 173 Å². The fourth-order valence-electron chi connectivity index (χ4n) is 9.02. The quantitative estimate of drug-likeness (QED) is 0.102.